The van der Waals surface area contributed by atoms with Gasteiger partial charge in [-0.1, -0.05) is 36.4 Å². The fraction of sp³-hybridized carbons (Fsp3) is 0.182. The van der Waals surface area contributed by atoms with Crippen molar-refractivity contribution >= 4 is 46.9 Å². The van der Waals surface area contributed by atoms with Crippen LogP contribution in [0.2, 0.25) is 0 Å². The van der Waals surface area contributed by atoms with Crippen LogP contribution in [-0.4, -0.2) is 28.0 Å². The van der Waals surface area contributed by atoms with Crippen LogP contribution >= 0.6 is 23.5 Å². The zero-order chi connectivity index (χ0) is 20.6. The number of allylic oxidation sites excluding steroid dienone is 2. The molecule has 1 aliphatic heterocycles. The van der Waals surface area contributed by atoms with Crippen LogP contribution in [0, 0.1) is 10.1 Å². The molecule has 7 heteroatoms. The maximum atomic E-state index is 13.1. The van der Waals surface area contributed by atoms with Gasteiger partial charge in [-0.05, 0) is 48.1 Å². The van der Waals surface area contributed by atoms with Crippen molar-refractivity contribution in [2.24, 2.45) is 0 Å². The summed E-state index contributed by atoms with van der Waals surface area (Å²) in [7, 11) is 0. The number of benzene rings is 2. The molecule has 0 atom stereocenters. The number of non-ortho nitro benzene ring substituents is 1. The van der Waals surface area contributed by atoms with Crippen molar-refractivity contribution < 1.29 is 14.5 Å². The first-order chi connectivity index (χ1) is 14.1. The lowest BCUT2D eigenvalue weighted by Gasteiger charge is -2.10. The smallest absolute Gasteiger partial charge is 0.269 e. The van der Waals surface area contributed by atoms with E-state index in [4.69, 9.17) is 0 Å². The highest BCUT2D eigenvalue weighted by Gasteiger charge is 2.24. The van der Waals surface area contributed by atoms with Gasteiger partial charge in [-0.3, -0.25) is 19.7 Å². The predicted molar refractivity (Wildman–Crippen MR) is 119 cm³/mol. The Balaban J connectivity index is 1.90. The zero-order valence-corrected chi connectivity index (χ0v) is 17.2. The highest BCUT2D eigenvalue weighted by molar-refractivity contribution is 8.22. The molecule has 0 aromatic heterocycles. The van der Waals surface area contributed by atoms with E-state index in [0.29, 0.717) is 11.1 Å². The van der Waals surface area contributed by atoms with Crippen molar-refractivity contribution in [3.05, 3.63) is 91.7 Å². The second-order valence-corrected chi connectivity index (χ2v) is 8.78. The summed E-state index contributed by atoms with van der Waals surface area (Å²) in [6.07, 6.45) is 5.06. The van der Waals surface area contributed by atoms with Crippen LogP contribution in [-0.2, 0) is 4.79 Å². The largest absolute Gasteiger partial charge is 0.289 e. The summed E-state index contributed by atoms with van der Waals surface area (Å²) in [5.41, 5.74) is 1.33. The molecule has 0 aliphatic carbocycles. The van der Waals surface area contributed by atoms with Crippen LogP contribution in [0.15, 0.2) is 70.5 Å². The third kappa shape index (κ3) is 5.68. The molecular weight excluding hydrogens is 406 g/mol. The number of rotatable bonds is 6. The fourth-order valence-corrected chi connectivity index (χ4v) is 5.30. The minimum absolute atomic E-state index is 0.0122. The third-order valence-corrected chi connectivity index (χ3v) is 6.87. The molecule has 5 nitrogen and oxygen atoms in total. The van der Waals surface area contributed by atoms with E-state index < -0.39 is 4.92 Å². The molecule has 29 heavy (non-hydrogen) atoms. The molecule has 1 heterocycles. The third-order valence-electron chi connectivity index (χ3n) is 4.25. The average molecular weight is 426 g/mol. The second kappa shape index (κ2) is 10.2. The van der Waals surface area contributed by atoms with Crippen molar-refractivity contribution in [3.8, 4) is 0 Å². The Bertz CT molecular complexity index is 956. The summed E-state index contributed by atoms with van der Waals surface area (Å²) in [5, 5.41) is 10.8. The lowest BCUT2D eigenvalue weighted by Crippen LogP contribution is -2.13. The second-order valence-electron chi connectivity index (χ2n) is 6.31. The van der Waals surface area contributed by atoms with Gasteiger partial charge in [0.1, 0.15) is 0 Å². The molecule has 0 saturated carbocycles. The normalized spacial score (nSPS) is 14.4. The number of ketones is 2. The van der Waals surface area contributed by atoms with Crippen LogP contribution in [0.1, 0.15) is 28.8 Å². The van der Waals surface area contributed by atoms with Gasteiger partial charge in [0.2, 0.25) is 0 Å². The lowest BCUT2D eigenvalue weighted by molar-refractivity contribution is -0.384. The van der Waals surface area contributed by atoms with Crippen LogP contribution in [0.3, 0.4) is 0 Å². The van der Waals surface area contributed by atoms with Crippen LogP contribution in [0.4, 0.5) is 5.69 Å². The number of hydrogen-bond donors (Lipinski definition) is 0. The molecule has 1 fully saturated rings. The van der Waals surface area contributed by atoms with Crippen LogP contribution < -0.4 is 0 Å². The van der Waals surface area contributed by atoms with Crippen molar-refractivity contribution in [1.29, 1.82) is 0 Å². The summed E-state index contributed by atoms with van der Waals surface area (Å²) < 4.78 is 0.773. The van der Waals surface area contributed by atoms with E-state index in [1.54, 1.807) is 66.0 Å². The van der Waals surface area contributed by atoms with E-state index in [-0.39, 0.29) is 22.8 Å². The maximum absolute atomic E-state index is 13.1. The number of carbonyl (C=O) groups is 2. The number of nitro benzene ring substituents is 1. The monoisotopic (exact) mass is 425 g/mol. The molecule has 1 saturated heterocycles. The van der Waals surface area contributed by atoms with Crippen molar-refractivity contribution in [3.63, 3.8) is 0 Å². The van der Waals surface area contributed by atoms with Gasteiger partial charge in [-0.15, -0.1) is 23.5 Å². The summed E-state index contributed by atoms with van der Waals surface area (Å²) in [5.74, 6) is 1.13. The standard InChI is InChI=1S/C22H19NO4S2/c24-19(13-10-16-8-11-18(12-9-16)23(26)27)20(22-28-14-4-5-15-29-22)21(25)17-6-2-1-3-7-17/h1-3,6-13H,4-5,14-15H2/b13-10+. The van der Waals surface area contributed by atoms with Gasteiger partial charge in [0.05, 0.1) is 14.7 Å². The molecule has 0 spiro atoms. The molecule has 0 N–H and O–H groups in total. The Kier molecular flexibility index (Phi) is 7.43. The summed E-state index contributed by atoms with van der Waals surface area (Å²) >= 11 is 3.12. The van der Waals surface area contributed by atoms with Gasteiger partial charge in [0, 0.05) is 17.7 Å². The first kappa shape index (κ1) is 21.1. The molecule has 3 rings (SSSR count). The van der Waals surface area contributed by atoms with E-state index in [0.717, 1.165) is 28.6 Å². The maximum Gasteiger partial charge on any atom is 0.269 e. The topological polar surface area (TPSA) is 77.3 Å². The van der Waals surface area contributed by atoms with Crippen LogP contribution in [0.5, 0.6) is 0 Å². The van der Waals surface area contributed by atoms with Gasteiger partial charge in [-0.25, -0.2) is 0 Å². The molecule has 0 bridgehead atoms. The average Bonchev–Trinajstić information content (AvgIpc) is 3.02. The minimum Gasteiger partial charge on any atom is -0.289 e. The lowest BCUT2D eigenvalue weighted by atomic mass is 10.0. The minimum atomic E-state index is -0.472. The Hall–Kier alpha value is -2.64. The number of nitro groups is 1. The predicted octanol–water partition coefficient (Wildman–Crippen LogP) is 5.53. The SMILES string of the molecule is O=C(/C=C/c1ccc([N+](=O)[O-])cc1)C(C(=O)c1ccccc1)=C1SCCCCS1. The van der Waals surface area contributed by atoms with Crippen LogP contribution in [0.25, 0.3) is 6.08 Å². The quantitative estimate of drug-likeness (QED) is 0.151. The van der Waals surface area contributed by atoms with Gasteiger partial charge >= 0.3 is 0 Å². The van der Waals surface area contributed by atoms with E-state index in [2.05, 4.69) is 0 Å². The molecule has 2 aromatic carbocycles. The van der Waals surface area contributed by atoms with Crippen molar-refractivity contribution in [1.82, 2.24) is 0 Å². The van der Waals surface area contributed by atoms with Gasteiger partial charge < -0.3 is 0 Å². The number of Topliss-reactive ketones (excluding diaryl/α,β-unsaturated/α-hetero) is 1. The molecular formula is C22H19NO4S2. The highest BCUT2D eigenvalue weighted by atomic mass is 32.2. The highest BCUT2D eigenvalue weighted by Crippen LogP contribution is 2.37. The first-order valence-corrected chi connectivity index (χ1v) is 11.1. The van der Waals surface area contributed by atoms with E-state index in [9.17, 15) is 19.7 Å². The molecule has 0 radical (unpaired) electrons. The Morgan fingerprint density at radius 2 is 1.55 bits per heavy atom. The zero-order valence-electron chi connectivity index (χ0n) is 15.6. The molecule has 2 aromatic rings. The van der Waals surface area contributed by atoms with Crippen molar-refractivity contribution in [2.75, 3.05) is 11.5 Å². The first-order valence-electron chi connectivity index (χ1n) is 9.13. The number of thioether (sulfide) groups is 2. The fourth-order valence-electron chi connectivity index (χ4n) is 2.72. The number of nitrogens with zero attached hydrogens (tertiary/aromatic N) is 1. The van der Waals surface area contributed by atoms with Gasteiger partial charge in [-0.2, -0.15) is 0 Å². The molecule has 0 amide bonds. The van der Waals surface area contributed by atoms with E-state index in [1.807, 2.05) is 6.07 Å². The molecule has 0 unspecified atom stereocenters. The number of carbonyl (C=O) groups excluding carboxylic acids is 2. The summed E-state index contributed by atoms with van der Waals surface area (Å²) in [6.45, 7) is 0. The Morgan fingerprint density at radius 1 is 0.931 bits per heavy atom. The summed E-state index contributed by atoms with van der Waals surface area (Å²) in [6, 6.07) is 14.7. The molecule has 148 valence electrons. The van der Waals surface area contributed by atoms with E-state index in [1.165, 1.54) is 18.2 Å². The Labute approximate surface area is 177 Å². The molecule has 1 aliphatic rings. The summed E-state index contributed by atoms with van der Waals surface area (Å²) in [4.78, 5) is 36.4. The van der Waals surface area contributed by atoms with Crippen molar-refractivity contribution in [2.45, 2.75) is 12.8 Å². The van der Waals surface area contributed by atoms with Gasteiger partial charge in [0.15, 0.2) is 11.6 Å². The Morgan fingerprint density at radius 3 is 2.14 bits per heavy atom. The van der Waals surface area contributed by atoms with Gasteiger partial charge in [0.25, 0.3) is 5.69 Å². The number of hydrogen-bond acceptors (Lipinski definition) is 6. The van der Waals surface area contributed by atoms with E-state index >= 15 is 0 Å².